The van der Waals surface area contributed by atoms with E-state index in [0.717, 1.165) is 11.8 Å². The summed E-state index contributed by atoms with van der Waals surface area (Å²) in [6.07, 6.45) is 0. The van der Waals surface area contributed by atoms with Crippen LogP contribution in [0.1, 0.15) is 10.4 Å². The maximum Gasteiger partial charge on any atom is 0.336 e. The normalized spacial score (nSPS) is 10.1. The molecule has 6 heteroatoms. The number of carboxylic acids is 1. The molecule has 0 aliphatic rings. The summed E-state index contributed by atoms with van der Waals surface area (Å²) in [6, 6.07) is 12.3. The predicted molar refractivity (Wildman–Crippen MR) is 79.2 cm³/mol. The average Bonchev–Trinajstić information content (AvgIpc) is 2.48. The lowest BCUT2D eigenvalue weighted by molar-refractivity contribution is -0.113. The molecule has 21 heavy (non-hydrogen) atoms. The predicted octanol–water partition coefficient (Wildman–Crippen LogP) is 3.25. The molecule has 0 aliphatic carbocycles. The number of hydrogen-bond donors (Lipinski definition) is 2. The third-order valence-electron chi connectivity index (χ3n) is 2.62. The Hall–Kier alpha value is -2.34. The fourth-order valence-electron chi connectivity index (χ4n) is 1.66. The van der Waals surface area contributed by atoms with Gasteiger partial charge in [0.25, 0.3) is 0 Å². The van der Waals surface area contributed by atoms with E-state index in [1.807, 2.05) is 0 Å². The smallest absolute Gasteiger partial charge is 0.336 e. The number of hydrogen-bond acceptors (Lipinski definition) is 3. The first-order valence-electron chi connectivity index (χ1n) is 6.07. The van der Waals surface area contributed by atoms with Crippen molar-refractivity contribution in [2.45, 2.75) is 4.90 Å². The molecule has 0 aliphatic heterocycles. The van der Waals surface area contributed by atoms with Crippen LogP contribution in [0.2, 0.25) is 0 Å². The molecule has 0 radical (unpaired) electrons. The van der Waals surface area contributed by atoms with Gasteiger partial charge in [0.05, 0.1) is 17.0 Å². The zero-order chi connectivity index (χ0) is 15.2. The summed E-state index contributed by atoms with van der Waals surface area (Å²) in [7, 11) is 0. The zero-order valence-electron chi connectivity index (χ0n) is 10.9. The summed E-state index contributed by atoms with van der Waals surface area (Å²) >= 11 is 1.09. The van der Waals surface area contributed by atoms with Crippen molar-refractivity contribution in [2.75, 3.05) is 11.1 Å². The Balaban J connectivity index is 1.99. The van der Waals surface area contributed by atoms with Gasteiger partial charge in [0.15, 0.2) is 0 Å². The Kier molecular flexibility index (Phi) is 4.94. The highest BCUT2D eigenvalue weighted by atomic mass is 32.2. The van der Waals surface area contributed by atoms with E-state index in [1.54, 1.807) is 24.3 Å². The zero-order valence-corrected chi connectivity index (χ0v) is 11.7. The van der Waals surface area contributed by atoms with Crippen LogP contribution < -0.4 is 5.32 Å². The summed E-state index contributed by atoms with van der Waals surface area (Å²) < 4.78 is 13.4. The Morgan fingerprint density at radius 2 is 1.76 bits per heavy atom. The standard InChI is InChI=1S/C15H12FNO3S/c16-11-6-2-3-7-12(11)17-14(18)9-21-13-8-4-1-5-10(13)15(19)20/h1-8H,9H2,(H,17,18)(H,19,20). The van der Waals surface area contributed by atoms with Gasteiger partial charge >= 0.3 is 5.97 Å². The number of carbonyl (C=O) groups is 2. The Morgan fingerprint density at radius 3 is 2.48 bits per heavy atom. The molecule has 0 saturated heterocycles. The van der Waals surface area contributed by atoms with E-state index in [1.165, 1.54) is 24.3 Å². The molecule has 108 valence electrons. The molecular formula is C15H12FNO3S. The topological polar surface area (TPSA) is 66.4 Å². The van der Waals surface area contributed by atoms with Gasteiger partial charge in [0.2, 0.25) is 5.91 Å². The monoisotopic (exact) mass is 305 g/mol. The van der Waals surface area contributed by atoms with Crippen molar-refractivity contribution >= 4 is 29.3 Å². The van der Waals surface area contributed by atoms with Gasteiger partial charge in [-0.25, -0.2) is 9.18 Å². The van der Waals surface area contributed by atoms with Crippen molar-refractivity contribution in [2.24, 2.45) is 0 Å². The second-order valence-corrected chi connectivity index (χ2v) is 5.14. The van der Waals surface area contributed by atoms with Gasteiger partial charge in [-0.05, 0) is 24.3 Å². The van der Waals surface area contributed by atoms with Crippen LogP contribution in [0.15, 0.2) is 53.4 Å². The molecule has 2 N–H and O–H groups in total. The van der Waals surface area contributed by atoms with E-state index in [0.29, 0.717) is 4.90 Å². The fraction of sp³-hybridized carbons (Fsp3) is 0.0667. The number of anilines is 1. The van der Waals surface area contributed by atoms with Gasteiger partial charge in [0.1, 0.15) is 5.82 Å². The third kappa shape index (κ3) is 4.06. The molecule has 0 spiro atoms. The maximum atomic E-state index is 13.4. The summed E-state index contributed by atoms with van der Waals surface area (Å²) in [5.41, 5.74) is 0.246. The van der Waals surface area contributed by atoms with E-state index >= 15 is 0 Å². The van der Waals surface area contributed by atoms with Gasteiger partial charge in [-0.2, -0.15) is 0 Å². The first-order chi connectivity index (χ1) is 10.1. The number of carboxylic acid groups (broad SMARTS) is 1. The molecule has 2 rings (SSSR count). The van der Waals surface area contributed by atoms with Crippen LogP contribution in [0.5, 0.6) is 0 Å². The van der Waals surface area contributed by atoms with Gasteiger partial charge in [-0.3, -0.25) is 4.79 Å². The molecule has 2 aromatic carbocycles. The summed E-state index contributed by atoms with van der Waals surface area (Å²) in [4.78, 5) is 23.3. The molecule has 0 saturated carbocycles. The lowest BCUT2D eigenvalue weighted by atomic mass is 10.2. The summed E-state index contributed by atoms with van der Waals surface area (Å²) in [5, 5.41) is 11.5. The van der Waals surface area contributed by atoms with E-state index in [4.69, 9.17) is 5.11 Å². The van der Waals surface area contributed by atoms with E-state index < -0.39 is 17.7 Å². The number of thioether (sulfide) groups is 1. The largest absolute Gasteiger partial charge is 0.478 e. The molecule has 0 unspecified atom stereocenters. The van der Waals surface area contributed by atoms with Crippen LogP contribution >= 0.6 is 11.8 Å². The van der Waals surface area contributed by atoms with E-state index in [9.17, 15) is 14.0 Å². The number of amides is 1. The van der Waals surface area contributed by atoms with Crippen molar-refractivity contribution in [3.05, 3.63) is 59.9 Å². The molecule has 0 aromatic heterocycles. The molecule has 0 fully saturated rings. The highest BCUT2D eigenvalue weighted by Gasteiger charge is 2.12. The Labute approximate surface area is 125 Å². The van der Waals surface area contributed by atoms with Gasteiger partial charge in [-0.1, -0.05) is 24.3 Å². The highest BCUT2D eigenvalue weighted by molar-refractivity contribution is 8.00. The number of nitrogens with one attached hydrogen (secondary N) is 1. The van der Waals surface area contributed by atoms with Gasteiger partial charge in [0, 0.05) is 4.90 Å². The number of carbonyl (C=O) groups excluding carboxylic acids is 1. The van der Waals surface area contributed by atoms with Crippen molar-refractivity contribution in [3.63, 3.8) is 0 Å². The molecule has 4 nitrogen and oxygen atoms in total. The maximum absolute atomic E-state index is 13.4. The number of para-hydroxylation sites is 1. The first kappa shape index (κ1) is 15.1. The summed E-state index contributed by atoms with van der Waals surface area (Å²) in [5.74, 6) is -1.96. The van der Waals surface area contributed by atoms with Crippen molar-refractivity contribution in [1.82, 2.24) is 0 Å². The quantitative estimate of drug-likeness (QED) is 0.832. The highest BCUT2D eigenvalue weighted by Crippen LogP contribution is 2.23. The van der Waals surface area contributed by atoms with Crippen molar-refractivity contribution < 1.29 is 19.1 Å². The van der Waals surface area contributed by atoms with Crippen LogP contribution in [0.4, 0.5) is 10.1 Å². The lowest BCUT2D eigenvalue weighted by Crippen LogP contribution is -2.15. The molecule has 0 atom stereocenters. The number of benzene rings is 2. The Morgan fingerprint density at radius 1 is 1.10 bits per heavy atom. The van der Waals surface area contributed by atoms with Crippen molar-refractivity contribution in [3.8, 4) is 0 Å². The number of aromatic carboxylic acids is 1. The second-order valence-electron chi connectivity index (χ2n) is 4.12. The minimum absolute atomic E-state index is 0.00136. The molecular weight excluding hydrogens is 293 g/mol. The minimum Gasteiger partial charge on any atom is -0.478 e. The van der Waals surface area contributed by atoms with Gasteiger partial charge < -0.3 is 10.4 Å². The second kappa shape index (κ2) is 6.90. The number of rotatable bonds is 5. The van der Waals surface area contributed by atoms with Crippen LogP contribution in [0.25, 0.3) is 0 Å². The van der Waals surface area contributed by atoms with Crippen molar-refractivity contribution in [1.29, 1.82) is 0 Å². The molecule has 0 heterocycles. The molecule has 1 amide bonds. The SMILES string of the molecule is O=C(CSc1ccccc1C(=O)O)Nc1ccccc1F. The summed E-state index contributed by atoms with van der Waals surface area (Å²) in [6.45, 7) is 0. The van der Waals surface area contributed by atoms with Gasteiger partial charge in [-0.15, -0.1) is 11.8 Å². The minimum atomic E-state index is -1.05. The van der Waals surface area contributed by atoms with E-state index in [-0.39, 0.29) is 17.0 Å². The average molecular weight is 305 g/mol. The Bertz CT molecular complexity index is 675. The van der Waals surface area contributed by atoms with Crippen LogP contribution in [0, 0.1) is 5.82 Å². The molecule has 2 aromatic rings. The van der Waals surface area contributed by atoms with Crippen LogP contribution in [0.3, 0.4) is 0 Å². The van der Waals surface area contributed by atoms with Crippen LogP contribution in [-0.2, 0) is 4.79 Å². The fourth-order valence-corrected chi connectivity index (χ4v) is 2.51. The molecule has 0 bridgehead atoms. The lowest BCUT2D eigenvalue weighted by Gasteiger charge is -2.07. The van der Waals surface area contributed by atoms with Crippen LogP contribution in [-0.4, -0.2) is 22.7 Å². The number of halogens is 1. The first-order valence-corrected chi connectivity index (χ1v) is 7.06. The third-order valence-corrected chi connectivity index (χ3v) is 3.70. The van der Waals surface area contributed by atoms with E-state index in [2.05, 4.69) is 5.32 Å².